The van der Waals surface area contributed by atoms with Gasteiger partial charge in [0.05, 0.1) is 5.69 Å². The molecule has 0 spiro atoms. The van der Waals surface area contributed by atoms with Crippen LogP contribution in [0.2, 0.25) is 0 Å². The summed E-state index contributed by atoms with van der Waals surface area (Å²) in [6.45, 7) is 1.61. The zero-order chi connectivity index (χ0) is 17.9. The van der Waals surface area contributed by atoms with Gasteiger partial charge < -0.3 is 14.0 Å². The normalized spacial score (nSPS) is 19.8. The van der Waals surface area contributed by atoms with E-state index in [1.807, 2.05) is 34.8 Å². The summed E-state index contributed by atoms with van der Waals surface area (Å²) in [7, 11) is 1.97. The van der Waals surface area contributed by atoms with Gasteiger partial charge in [0.25, 0.3) is 0 Å². The summed E-state index contributed by atoms with van der Waals surface area (Å²) < 4.78 is 7.51. The van der Waals surface area contributed by atoms with E-state index in [9.17, 15) is 4.79 Å². The van der Waals surface area contributed by atoms with Gasteiger partial charge in [0.15, 0.2) is 0 Å². The van der Waals surface area contributed by atoms with E-state index in [1.54, 1.807) is 0 Å². The van der Waals surface area contributed by atoms with Crippen molar-refractivity contribution in [3.05, 3.63) is 24.2 Å². The van der Waals surface area contributed by atoms with Crippen LogP contribution in [0.25, 0.3) is 11.5 Å². The molecule has 2 fully saturated rings. The maximum Gasteiger partial charge on any atom is 0.230 e. The maximum atomic E-state index is 12.6. The molecule has 3 heterocycles. The first-order chi connectivity index (χ1) is 12.7. The summed E-state index contributed by atoms with van der Waals surface area (Å²) in [5, 5.41) is 4.14. The summed E-state index contributed by atoms with van der Waals surface area (Å²) in [6, 6.07) is 3.96. The Kier molecular flexibility index (Phi) is 5.09. The van der Waals surface area contributed by atoms with Crippen LogP contribution in [0.1, 0.15) is 63.2 Å². The lowest BCUT2D eigenvalue weighted by atomic mass is 9.86. The smallest absolute Gasteiger partial charge is 0.230 e. The van der Waals surface area contributed by atoms with E-state index >= 15 is 0 Å². The molecule has 0 N–H and O–H groups in total. The molecule has 0 radical (unpaired) electrons. The molecule has 1 aliphatic carbocycles. The third-order valence-electron chi connectivity index (χ3n) is 6.00. The van der Waals surface area contributed by atoms with Gasteiger partial charge in [0.1, 0.15) is 0 Å². The number of amides is 1. The number of carbonyl (C=O) groups excluding carboxylic acids is 1. The summed E-state index contributed by atoms with van der Waals surface area (Å²) in [5.74, 6) is 2.56. The second-order valence-corrected chi connectivity index (χ2v) is 7.82. The molecule has 2 aromatic heterocycles. The van der Waals surface area contributed by atoms with E-state index in [-0.39, 0.29) is 5.92 Å². The number of piperidine rings is 1. The molecule has 1 aliphatic heterocycles. The van der Waals surface area contributed by atoms with Crippen molar-refractivity contribution in [1.29, 1.82) is 0 Å². The molecular weight excluding hydrogens is 328 g/mol. The van der Waals surface area contributed by atoms with E-state index < -0.39 is 0 Å². The lowest BCUT2D eigenvalue weighted by Crippen LogP contribution is -2.38. The first-order valence-electron chi connectivity index (χ1n) is 9.94. The first kappa shape index (κ1) is 17.3. The largest absolute Gasteiger partial charge is 0.348 e. The Bertz CT molecular complexity index is 737. The Morgan fingerprint density at radius 1 is 1.19 bits per heavy atom. The van der Waals surface area contributed by atoms with Crippen LogP contribution >= 0.6 is 0 Å². The SMILES string of the molecule is Cn1cccc1-c1noc(C2CCN(C(=O)CC3CCCCC3)CC2)n1. The first-order valence-corrected chi connectivity index (χ1v) is 9.94. The van der Waals surface area contributed by atoms with Gasteiger partial charge >= 0.3 is 0 Å². The Hall–Kier alpha value is -2.11. The second kappa shape index (κ2) is 7.64. The van der Waals surface area contributed by atoms with E-state index in [2.05, 4.69) is 10.1 Å². The lowest BCUT2D eigenvalue weighted by Gasteiger charge is -2.32. The number of carbonyl (C=O) groups is 1. The molecule has 2 aliphatic rings. The number of nitrogens with zero attached hydrogens (tertiary/aromatic N) is 4. The number of aryl methyl sites for hydroxylation is 1. The third-order valence-corrected chi connectivity index (χ3v) is 6.00. The molecule has 1 saturated heterocycles. The van der Waals surface area contributed by atoms with Gasteiger partial charge in [-0.3, -0.25) is 4.79 Å². The molecule has 2 aromatic rings. The van der Waals surface area contributed by atoms with Gasteiger partial charge in [0.2, 0.25) is 17.6 Å². The minimum Gasteiger partial charge on any atom is -0.348 e. The Morgan fingerprint density at radius 2 is 1.96 bits per heavy atom. The van der Waals surface area contributed by atoms with E-state index in [1.165, 1.54) is 32.1 Å². The highest BCUT2D eigenvalue weighted by molar-refractivity contribution is 5.76. The fourth-order valence-electron chi connectivity index (χ4n) is 4.34. The van der Waals surface area contributed by atoms with Gasteiger partial charge in [-0.1, -0.05) is 24.4 Å². The standard InChI is InChI=1S/C20H28N4O2/c1-23-11-5-8-17(23)19-21-20(26-22-19)16-9-12-24(13-10-16)18(25)14-15-6-3-2-4-7-15/h5,8,11,15-16H,2-4,6-7,9-10,12-14H2,1H3. The van der Waals surface area contributed by atoms with Crippen LogP contribution in [0.5, 0.6) is 0 Å². The van der Waals surface area contributed by atoms with Crippen LogP contribution < -0.4 is 0 Å². The number of rotatable bonds is 4. The van der Waals surface area contributed by atoms with Crippen molar-refractivity contribution < 1.29 is 9.32 Å². The van der Waals surface area contributed by atoms with Crippen LogP contribution in [0.4, 0.5) is 0 Å². The fourth-order valence-corrected chi connectivity index (χ4v) is 4.34. The van der Waals surface area contributed by atoms with Crippen LogP contribution in [0.15, 0.2) is 22.9 Å². The molecule has 0 aromatic carbocycles. The van der Waals surface area contributed by atoms with Crippen LogP contribution in [0.3, 0.4) is 0 Å². The van der Waals surface area contributed by atoms with Crippen molar-refractivity contribution in [2.75, 3.05) is 13.1 Å². The maximum absolute atomic E-state index is 12.6. The molecule has 1 saturated carbocycles. The van der Waals surface area contributed by atoms with Crippen molar-refractivity contribution in [2.45, 2.75) is 57.3 Å². The van der Waals surface area contributed by atoms with Gasteiger partial charge in [-0.15, -0.1) is 0 Å². The molecule has 0 bridgehead atoms. The van der Waals surface area contributed by atoms with Crippen LogP contribution in [-0.2, 0) is 11.8 Å². The average molecular weight is 356 g/mol. The Balaban J connectivity index is 1.31. The molecule has 6 heteroatoms. The quantitative estimate of drug-likeness (QED) is 0.837. The molecule has 4 rings (SSSR count). The zero-order valence-electron chi connectivity index (χ0n) is 15.6. The van der Waals surface area contributed by atoms with Gasteiger partial charge in [-0.2, -0.15) is 4.98 Å². The number of hydrogen-bond acceptors (Lipinski definition) is 4. The summed E-state index contributed by atoms with van der Waals surface area (Å²) >= 11 is 0. The Morgan fingerprint density at radius 3 is 2.65 bits per heavy atom. The van der Waals surface area contributed by atoms with E-state index in [0.717, 1.165) is 38.0 Å². The molecule has 0 atom stereocenters. The number of hydrogen-bond donors (Lipinski definition) is 0. The van der Waals surface area contributed by atoms with Gasteiger partial charge in [-0.25, -0.2) is 0 Å². The summed E-state index contributed by atoms with van der Waals surface area (Å²) in [6.07, 6.45) is 10.9. The second-order valence-electron chi connectivity index (χ2n) is 7.82. The minimum absolute atomic E-state index is 0.259. The van der Waals surface area contributed by atoms with Gasteiger partial charge in [0, 0.05) is 38.7 Å². The van der Waals surface area contributed by atoms with Crippen molar-refractivity contribution in [3.63, 3.8) is 0 Å². The van der Waals surface area contributed by atoms with Crippen molar-refractivity contribution >= 4 is 5.91 Å². The average Bonchev–Trinajstić information content (AvgIpc) is 3.31. The van der Waals surface area contributed by atoms with Crippen molar-refractivity contribution in [1.82, 2.24) is 19.6 Å². The van der Waals surface area contributed by atoms with E-state index in [4.69, 9.17) is 4.52 Å². The number of aromatic nitrogens is 3. The fraction of sp³-hybridized carbons (Fsp3) is 0.650. The predicted molar refractivity (Wildman–Crippen MR) is 98.5 cm³/mol. The highest BCUT2D eigenvalue weighted by Gasteiger charge is 2.29. The van der Waals surface area contributed by atoms with Crippen molar-refractivity contribution in [3.8, 4) is 11.5 Å². The highest BCUT2D eigenvalue weighted by atomic mass is 16.5. The molecule has 140 valence electrons. The lowest BCUT2D eigenvalue weighted by molar-refractivity contribution is -0.133. The highest BCUT2D eigenvalue weighted by Crippen LogP contribution is 2.31. The van der Waals surface area contributed by atoms with Gasteiger partial charge in [-0.05, 0) is 43.7 Å². The molecule has 6 nitrogen and oxygen atoms in total. The molecular formula is C20H28N4O2. The van der Waals surface area contributed by atoms with Crippen molar-refractivity contribution in [2.24, 2.45) is 13.0 Å². The predicted octanol–water partition coefficient (Wildman–Crippen LogP) is 3.75. The summed E-state index contributed by atoms with van der Waals surface area (Å²) in [4.78, 5) is 19.2. The monoisotopic (exact) mass is 356 g/mol. The zero-order valence-corrected chi connectivity index (χ0v) is 15.6. The molecule has 0 unspecified atom stereocenters. The molecule has 26 heavy (non-hydrogen) atoms. The van der Waals surface area contributed by atoms with E-state index in [0.29, 0.717) is 23.5 Å². The number of likely N-dealkylation sites (tertiary alicyclic amines) is 1. The van der Waals surface area contributed by atoms with Crippen LogP contribution in [-0.4, -0.2) is 38.6 Å². The van der Waals surface area contributed by atoms with Crippen LogP contribution in [0, 0.1) is 5.92 Å². The minimum atomic E-state index is 0.259. The third kappa shape index (κ3) is 3.69. The Labute approximate surface area is 154 Å². The molecule has 1 amide bonds. The topological polar surface area (TPSA) is 64.2 Å². The summed E-state index contributed by atoms with van der Waals surface area (Å²) in [5.41, 5.74) is 0.958.